The summed E-state index contributed by atoms with van der Waals surface area (Å²) in [5, 5.41) is 1.49. The van der Waals surface area contributed by atoms with Crippen LogP contribution >= 0.6 is 23.1 Å². The normalized spacial score (nSPS) is 15.2. The van der Waals surface area contributed by atoms with Crippen LogP contribution in [0.15, 0.2) is 58.6 Å². The van der Waals surface area contributed by atoms with E-state index in [1.54, 1.807) is 10.8 Å². The molecule has 0 saturated carbocycles. The van der Waals surface area contributed by atoms with Crippen molar-refractivity contribution in [3.05, 3.63) is 64.6 Å². The standard InChI is InChI=1S/C25H26N4O2S2/c1-17(18-9-4-2-5-10-18)15-29-24(31)22-21(19-11-8-12-26-23(19)33-22)27-25(29)32-16-20(30)28-13-6-3-7-14-28/h2,4-5,8-12,17H,3,6-7,13-16H2,1H3. The van der Waals surface area contributed by atoms with Gasteiger partial charge in [0, 0.05) is 31.2 Å². The first kappa shape index (κ1) is 22.1. The van der Waals surface area contributed by atoms with Crippen molar-refractivity contribution in [3.8, 4) is 0 Å². The van der Waals surface area contributed by atoms with Gasteiger partial charge < -0.3 is 4.90 Å². The molecule has 1 saturated heterocycles. The van der Waals surface area contributed by atoms with E-state index in [1.807, 2.05) is 35.2 Å². The molecular formula is C25H26N4O2S2. The van der Waals surface area contributed by atoms with Gasteiger partial charge in [-0.3, -0.25) is 14.2 Å². The summed E-state index contributed by atoms with van der Waals surface area (Å²) in [6.07, 6.45) is 5.05. The van der Waals surface area contributed by atoms with Gasteiger partial charge in [-0.1, -0.05) is 49.0 Å². The molecule has 6 nitrogen and oxygen atoms in total. The molecule has 0 aliphatic carbocycles. The summed E-state index contributed by atoms with van der Waals surface area (Å²) in [6, 6.07) is 14.0. The van der Waals surface area contributed by atoms with E-state index in [9.17, 15) is 9.59 Å². The molecule has 1 atom stereocenters. The molecule has 4 heterocycles. The van der Waals surface area contributed by atoms with Crippen LogP contribution in [0.4, 0.5) is 0 Å². The molecule has 1 aliphatic rings. The second-order valence-corrected chi connectivity index (χ2v) is 10.4. The van der Waals surface area contributed by atoms with Gasteiger partial charge in [-0.25, -0.2) is 9.97 Å². The fourth-order valence-electron chi connectivity index (χ4n) is 4.33. The third kappa shape index (κ3) is 4.54. The Labute approximate surface area is 200 Å². The number of hydrogen-bond acceptors (Lipinski definition) is 6. The van der Waals surface area contributed by atoms with Crippen LogP contribution in [-0.2, 0) is 11.3 Å². The summed E-state index contributed by atoms with van der Waals surface area (Å²) in [6.45, 7) is 4.27. The lowest BCUT2D eigenvalue weighted by atomic mass is 10.0. The van der Waals surface area contributed by atoms with Gasteiger partial charge in [0.05, 0.1) is 11.3 Å². The second-order valence-electron chi connectivity index (χ2n) is 8.49. The van der Waals surface area contributed by atoms with Gasteiger partial charge in [-0.2, -0.15) is 0 Å². The summed E-state index contributed by atoms with van der Waals surface area (Å²) in [5.74, 6) is 0.541. The molecule has 8 heteroatoms. The maximum absolute atomic E-state index is 13.6. The third-order valence-electron chi connectivity index (χ3n) is 6.18. The maximum Gasteiger partial charge on any atom is 0.272 e. The van der Waals surface area contributed by atoms with Crippen molar-refractivity contribution in [2.75, 3.05) is 18.8 Å². The molecule has 4 aromatic rings. The summed E-state index contributed by atoms with van der Waals surface area (Å²) >= 11 is 2.76. The minimum Gasteiger partial charge on any atom is -0.342 e. The Bertz CT molecular complexity index is 1340. The number of nitrogens with zero attached hydrogens (tertiary/aromatic N) is 4. The molecular weight excluding hydrogens is 452 g/mol. The summed E-state index contributed by atoms with van der Waals surface area (Å²) in [4.78, 5) is 38.5. The van der Waals surface area contributed by atoms with E-state index in [0.717, 1.165) is 36.1 Å². The highest BCUT2D eigenvalue weighted by atomic mass is 32.2. The van der Waals surface area contributed by atoms with Crippen molar-refractivity contribution in [1.82, 2.24) is 19.4 Å². The largest absolute Gasteiger partial charge is 0.342 e. The zero-order valence-electron chi connectivity index (χ0n) is 18.6. The molecule has 170 valence electrons. The van der Waals surface area contributed by atoms with Crippen molar-refractivity contribution < 1.29 is 4.79 Å². The van der Waals surface area contributed by atoms with E-state index in [0.29, 0.717) is 21.9 Å². The number of likely N-dealkylation sites (tertiary alicyclic amines) is 1. The topological polar surface area (TPSA) is 68.1 Å². The Balaban J connectivity index is 1.52. The minimum atomic E-state index is -0.0568. The Morgan fingerprint density at radius 2 is 1.91 bits per heavy atom. The average molecular weight is 479 g/mol. The van der Waals surface area contributed by atoms with Gasteiger partial charge in [0.2, 0.25) is 5.91 Å². The predicted octanol–water partition coefficient (Wildman–Crippen LogP) is 4.91. The summed E-state index contributed by atoms with van der Waals surface area (Å²) in [5.41, 5.74) is 1.80. The predicted molar refractivity (Wildman–Crippen MR) is 135 cm³/mol. The molecule has 1 aromatic carbocycles. The van der Waals surface area contributed by atoms with Crippen LogP contribution in [0.2, 0.25) is 0 Å². The molecule has 0 radical (unpaired) electrons. The number of rotatable bonds is 6. The molecule has 1 aliphatic heterocycles. The highest BCUT2D eigenvalue weighted by Crippen LogP contribution is 2.31. The Morgan fingerprint density at radius 3 is 2.70 bits per heavy atom. The zero-order chi connectivity index (χ0) is 22.8. The van der Waals surface area contributed by atoms with Crippen LogP contribution < -0.4 is 5.56 Å². The smallest absolute Gasteiger partial charge is 0.272 e. The first-order chi connectivity index (χ1) is 16.1. The molecule has 1 unspecified atom stereocenters. The number of fused-ring (bicyclic) bond motifs is 3. The van der Waals surface area contributed by atoms with Crippen LogP contribution in [0.3, 0.4) is 0 Å². The van der Waals surface area contributed by atoms with Gasteiger partial charge >= 0.3 is 0 Å². The lowest BCUT2D eigenvalue weighted by Gasteiger charge is -2.26. The van der Waals surface area contributed by atoms with E-state index < -0.39 is 0 Å². The number of hydrogen-bond donors (Lipinski definition) is 0. The van der Waals surface area contributed by atoms with Crippen molar-refractivity contribution >= 4 is 49.4 Å². The van der Waals surface area contributed by atoms with Crippen LogP contribution in [-0.4, -0.2) is 44.2 Å². The third-order valence-corrected chi connectivity index (χ3v) is 8.23. The number of aromatic nitrogens is 3. The van der Waals surface area contributed by atoms with Gasteiger partial charge in [0.15, 0.2) is 5.16 Å². The van der Waals surface area contributed by atoms with E-state index in [4.69, 9.17) is 4.98 Å². The summed E-state index contributed by atoms with van der Waals surface area (Å²) < 4.78 is 2.37. The van der Waals surface area contributed by atoms with Crippen LogP contribution in [0.5, 0.6) is 0 Å². The number of carbonyl (C=O) groups excluding carboxylic acids is 1. The SMILES string of the molecule is CC(Cn1c(SCC(=O)N2CCCCC2)nc2c(sc3ncccc32)c1=O)c1ccccc1. The Kier molecular flexibility index (Phi) is 6.46. The number of piperidine rings is 1. The molecule has 0 spiro atoms. The first-order valence-electron chi connectivity index (χ1n) is 11.4. The zero-order valence-corrected chi connectivity index (χ0v) is 20.2. The molecule has 1 fully saturated rings. The Hall–Kier alpha value is -2.71. The average Bonchev–Trinajstić information content (AvgIpc) is 3.24. The highest BCUT2D eigenvalue weighted by Gasteiger charge is 2.21. The first-order valence-corrected chi connectivity index (χ1v) is 13.2. The van der Waals surface area contributed by atoms with E-state index >= 15 is 0 Å². The van der Waals surface area contributed by atoms with Gasteiger partial charge in [0.25, 0.3) is 5.56 Å². The molecule has 1 amide bonds. The molecule has 0 bridgehead atoms. The molecule has 5 rings (SSSR count). The number of pyridine rings is 1. The lowest BCUT2D eigenvalue weighted by Crippen LogP contribution is -2.37. The molecule has 3 aromatic heterocycles. The fourth-order valence-corrected chi connectivity index (χ4v) is 6.27. The van der Waals surface area contributed by atoms with E-state index in [1.165, 1.54) is 35.1 Å². The van der Waals surface area contributed by atoms with Crippen molar-refractivity contribution in [1.29, 1.82) is 0 Å². The quantitative estimate of drug-likeness (QED) is 0.291. The molecule has 0 N–H and O–H groups in total. The van der Waals surface area contributed by atoms with Crippen LogP contribution in [0.1, 0.15) is 37.7 Å². The highest BCUT2D eigenvalue weighted by molar-refractivity contribution is 7.99. The fraction of sp³-hybridized carbons (Fsp3) is 0.360. The number of amides is 1. The van der Waals surface area contributed by atoms with Crippen molar-refractivity contribution in [3.63, 3.8) is 0 Å². The maximum atomic E-state index is 13.6. The number of carbonyl (C=O) groups is 1. The van der Waals surface area contributed by atoms with Crippen molar-refractivity contribution in [2.24, 2.45) is 0 Å². The summed E-state index contributed by atoms with van der Waals surface area (Å²) in [7, 11) is 0. The van der Waals surface area contributed by atoms with Gasteiger partial charge in [-0.15, -0.1) is 11.3 Å². The Morgan fingerprint density at radius 1 is 1.12 bits per heavy atom. The van der Waals surface area contributed by atoms with Gasteiger partial charge in [0.1, 0.15) is 9.53 Å². The monoisotopic (exact) mass is 478 g/mol. The molecule has 33 heavy (non-hydrogen) atoms. The lowest BCUT2D eigenvalue weighted by molar-refractivity contribution is -0.129. The number of thioether (sulfide) groups is 1. The van der Waals surface area contributed by atoms with Crippen LogP contribution in [0, 0.1) is 0 Å². The van der Waals surface area contributed by atoms with E-state index in [2.05, 4.69) is 24.0 Å². The second kappa shape index (κ2) is 9.65. The van der Waals surface area contributed by atoms with Crippen molar-refractivity contribution in [2.45, 2.75) is 43.8 Å². The van der Waals surface area contributed by atoms with Gasteiger partial charge in [-0.05, 0) is 42.9 Å². The van der Waals surface area contributed by atoms with E-state index in [-0.39, 0.29) is 23.1 Å². The minimum absolute atomic E-state index is 0.0568. The van der Waals surface area contributed by atoms with Crippen LogP contribution in [0.25, 0.3) is 20.4 Å². The number of thiophene rings is 1. The number of benzene rings is 1.